The van der Waals surface area contributed by atoms with Crippen molar-refractivity contribution in [3.63, 3.8) is 0 Å². The Bertz CT molecular complexity index is 463. The van der Waals surface area contributed by atoms with Crippen LogP contribution >= 0.6 is 23.1 Å². The van der Waals surface area contributed by atoms with Gasteiger partial charge in [-0.25, -0.2) is 0 Å². The number of thioether (sulfide) groups is 1. The van der Waals surface area contributed by atoms with E-state index in [1.54, 1.807) is 30.1 Å². The molecule has 1 amide bonds. The molecule has 1 aliphatic rings. The van der Waals surface area contributed by atoms with E-state index in [2.05, 4.69) is 0 Å². The minimum absolute atomic E-state index is 0.0479. The van der Waals surface area contributed by atoms with E-state index in [1.807, 2.05) is 17.5 Å². The minimum atomic E-state index is -0.904. The van der Waals surface area contributed by atoms with Gasteiger partial charge in [-0.2, -0.15) is 0 Å². The van der Waals surface area contributed by atoms with Gasteiger partial charge >= 0.3 is 5.97 Å². The summed E-state index contributed by atoms with van der Waals surface area (Å²) in [7, 11) is 1.66. The van der Waals surface area contributed by atoms with Crippen molar-refractivity contribution in [3.05, 3.63) is 22.4 Å². The fourth-order valence-electron chi connectivity index (χ4n) is 2.08. The summed E-state index contributed by atoms with van der Waals surface area (Å²) in [5.74, 6) is -0.407. The molecule has 0 saturated carbocycles. The first-order chi connectivity index (χ1) is 9.59. The van der Waals surface area contributed by atoms with Crippen LogP contribution in [0.15, 0.2) is 17.5 Å². The number of nitrogens with zero attached hydrogens (tertiary/aromatic N) is 1. The first-order valence-electron chi connectivity index (χ1n) is 6.26. The summed E-state index contributed by atoms with van der Waals surface area (Å²) in [5.41, 5.74) is 0. The van der Waals surface area contributed by atoms with Gasteiger partial charge in [-0.3, -0.25) is 9.59 Å². The summed E-state index contributed by atoms with van der Waals surface area (Å²) < 4.78 is 5.19. The number of rotatable bonds is 6. The minimum Gasteiger partial charge on any atom is -0.481 e. The highest BCUT2D eigenvalue weighted by Crippen LogP contribution is 2.21. The fraction of sp³-hybridized carbons (Fsp3) is 0.538. The van der Waals surface area contributed by atoms with Gasteiger partial charge in [-0.15, -0.1) is 23.1 Å². The van der Waals surface area contributed by atoms with Gasteiger partial charge in [0.25, 0.3) is 0 Å². The molecule has 0 aliphatic carbocycles. The maximum Gasteiger partial charge on any atom is 0.311 e. The number of ether oxygens (including phenoxy) is 1. The maximum absolute atomic E-state index is 12.1. The molecule has 5 nitrogen and oxygen atoms in total. The fourth-order valence-corrected chi connectivity index (χ4v) is 3.87. The number of amides is 1. The quantitative estimate of drug-likeness (QED) is 0.862. The third kappa shape index (κ3) is 3.74. The van der Waals surface area contributed by atoms with E-state index < -0.39 is 11.9 Å². The van der Waals surface area contributed by atoms with Gasteiger partial charge in [0.1, 0.15) is 5.92 Å². The summed E-state index contributed by atoms with van der Waals surface area (Å²) in [6, 6.07) is 3.67. The van der Waals surface area contributed by atoms with E-state index in [1.165, 1.54) is 9.78 Å². The van der Waals surface area contributed by atoms with E-state index in [0.29, 0.717) is 12.4 Å². The summed E-state index contributed by atoms with van der Waals surface area (Å²) in [4.78, 5) is 25.9. The number of carboxylic acid groups (broad SMARTS) is 1. The van der Waals surface area contributed by atoms with Crippen molar-refractivity contribution in [2.24, 2.45) is 5.92 Å². The number of carbonyl (C=O) groups is 2. The van der Waals surface area contributed by atoms with E-state index >= 15 is 0 Å². The Hall–Kier alpha value is -1.05. The zero-order valence-corrected chi connectivity index (χ0v) is 12.8. The molecule has 1 N–H and O–H groups in total. The highest BCUT2D eigenvalue weighted by Gasteiger charge is 2.38. The average Bonchev–Trinajstić information content (AvgIpc) is 3.08. The zero-order chi connectivity index (χ0) is 14.5. The van der Waals surface area contributed by atoms with E-state index in [9.17, 15) is 9.59 Å². The number of carboxylic acids is 1. The van der Waals surface area contributed by atoms with Crippen molar-refractivity contribution in [2.75, 3.05) is 26.0 Å². The van der Waals surface area contributed by atoms with E-state index in [0.717, 1.165) is 5.75 Å². The molecule has 2 rings (SSSR count). The van der Waals surface area contributed by atoms with E-state index in [4.69, 9.17) is 9.84 Å². The standard InChI is InChI=1S/C13H17NO4S2/c1-14(11-6-18-5-10(11)13(16)17)12(15)8-19-7-9-3-2-4-20-9/h2-4,10-11H,5-8H2,1H3,(H,16,17). The Morgan fingerprint density at radius 3 is 3.00 bits per heavy atom. The Balaban J connectivity index is 1.80. The molecule has 1 fully saturated rings. The number of thiophene rings is 1. The second-order valence-electron chi connectivity index (χ2n) is 4.63. The van der Waals surface area contributed by atoms with Crippen LogP contribution in [0.3, 0.4) is 0 Å². The van der Waals surface area contributed by atoms with Gasteiger partial charge in [-0.05, 0) is 11.4 Å². The van der Waals surface area contributed by atoms with Gasteiger partial charge in [0.15, 0.2) is 0 Å². The lowest BCUT2D eigenvalue weighted by molar-refractivity contribution is -0.144. The summed E-state index contributed by atoms with van der Waals surface area (Å²) in [6.07, 6.45) is 0. The van der Waals surface area contributed by atoms with Crippen molar-refractivity contribution >= 4 is 35.0 Å². The Labute approximate surface area is 125 Å². The Morgan fingerprint density at radius 2 is 2.35 bits per heavy atom. The Kier molecular flexibility index (Phi) is 5.45. The van der Waals surface area contributed by atoms with Gasteiger partial charge in [0, 0.05) is 17.7 Å². The summed E-state index contributed by atoms with van der Waals surface area (Å²) in [6.45, 7) is 0.481. The van der Waals surface area contributed by atoms with Crippen LogP contribution < -0.4 is 0 Å². The molecule has 2 atom stereocenters. The van der Waals surface area contributed by atoms with Gasteiger partial charge in [-0.1, -0.05) is 6.07 Å². The number of aliphatic carboxylic acids is 1. The smallest absolute Gasteiger partial charge is 0.311 e. The molecular weight excluding hydrogens is 298 g/mol. The molecule has 7 heteroatoms. The monoisotopic (exact) mass is 315 g/mol. The van der Waals surface area contributed by atoms with Crippen LogP contribution in [0.4, 0.5) is 0 Å². The van der Waals surface area contributed by atoms with Gasteiger partial charge in [0.05, 0.1) is 25.0 Å². The highest BCUT2D eigenvalue weighted by atomic mass is 32.2. The van der Waals surface area contributed by atoms with Crippen LogP contribution in [0.1, 0.15) is 4.88 Å². The molecule has 1 saturated heterocycles. The van der Waals surface area contributed by atoms with Crippen molar-refractivity contribution in [1.82, 2.24) is 4.90 Å². The molecule has 0 aromatic carbocycles. The number of hydrogen-bond acceptors (Lipinski definition) is 5. The predicted molar refractivity (Wildman–Crippen MR) is 79.0 cm³/mol. The molecule has 0 radical (unpaired) electrons. The third-order valence-electron chi connectivity index (χ3n) is 3.31. The second-order valence-corrected chi connectivity index (χ2v) is 6.64. The van der Waals surface area contributed by atoms with Crippen LogP contribution in [0.2, 0.25) is 0 Å². The third-order valence-corrected chi connectivity index (χ3v) is 5.33. The average molecular weight is 315 g/mol. The van der Waals surface area contributed by atoms with E-state index in [-0.39, 0.29) is 18.6 Å². The largest absolute Gasteiger partial charge is 0.481 e. The second kappa shape index (κ2) is 7.10. The number of likely N-dealkylation sites (N-methyl/N-ethyl adjacent to an activating group) is 1. The molecule has 2 unspecified atom stereocenters. The van der Waals surface area contributed by atoms with Crippen LogP contribution in [-0.4, -0.2) is 53.9 Å². The van der Waals surface area contributed by atoms with Crippen LogP contribution in [-0.2, 0) is 20.1 Å². The molecule has 0 bridgehead atoms. The topological polar surface area (TPSA) is 66.8 Å². The van der Waals surface area contributed by atoms with Crippen LogP contribution in [0.5, 0.6) is 0 Å². The molecule has 2 heterocycles. The molecule has 1 aromatic heterocycles. The van der Waals surface area contributed by atoms with Crippen molar-refractivity contribution < 1.29 is 19.4 Å². The van der Waals surface area contributed by atoms with Crippen LogP contribution in [0, 0.1) is 5.92 Å². The number of carbonyl (C=O) groups excluding carboxylic acids is 1. The Morgan fingerprint density at radius 1 is 1.55 bits per heavy atom. The predicted octanol–water partition coefficient (Wildman–Crippen LogP) is 1.54. The van der Waals surface area contributed by atoms with Crippen molar-refractivity contribution in [3.8, 4) is 0 Å². The maximum atomic E-state index is 12.1. The normalized spacial score (nSPS) is 21.9. The molecule has 1 aromatic rings. The lowest BCUT2D eigenvalue weighted by Crippen LogP contribution is -2.44. The van der Waals surface area contributed by atoms with Crippen molar-refractivity contribution in [1.29, 1.82) is 0 Å². The summed E-state index contributed by atoms with van der Waals surface area (Å²) in [5, 5.41) is 11.1. The van der Waals surface area contributed by atoms with Crippen LogP contribution in [0.25, 0.3) is 0 Å². The van der Waals surface area contributed by atoms with Gasteiger partial charge < -0.3 is 14.7 Å². The molecule has 0 spiro atoms. The molecule has 110 valence electrons. The molecule has 20 heavy (non-hydrogen) atoms. The molecular formula is C13H17NO4S2. The highest BCUT2D eigenvalue weighted by molar-refractivity contribution is 7.99. The lowest BCUT2D eigenvalue weighted by Gasteiger charge is -2.26. The zero-order valence-electron chi connectivity index (χ0n) is 11.2. The number of hydrogen-bond donors (Lipinski definition) is 1. The summed E-state index contributed by atoms with van der Waals surface area (Å²) >= 11 is 3.22. The SMILES string of the molecule is CN(C(=O)CSCc1cccs1)C1COCC1C(=O)O. The first-order valence-corrected chi connectivity index (χ1v) is 8.29. The van der Waals surface area contributed by atoms with Gasteiger partial charge in [0.2, 0.25) is 5.91 Å². The van der Waals surface area contributed by atoms with Crippen molar-refractivity contribution in [2.45, 2.75) is 11.8 Å². The lowest BCUT2D eigenvalue weighted by atomic mass is 10.0. The first kappa shape index (κ1) is 15.3. The molecule has 1 aliphatic heterocycles.